The van der Waals surface area contributed by atoms with E-state index in [-0.39, 0.29) is 25.7 Å². The number of carbonyl (C=O) groups excluding carboxylic acids is 4. The van der Waals surface area contributed by atoms with Crippen LogP contribution in [0.2, 0.25) is 0 Å². The number of carbonyl (C=O) groups is 4. The van der Waals surface area contributed by atoms with Gasteiger partial charge in [-0.15, -0.1) is 0 Å². The number of ether oxygens (including phenoxy) is 4. The normalized spacial score (nSPS) is 14.4. The zero-order valence-electron chi connectivity index (χ0n) is 62.3. The van der Waals surface area contributed by atoms with Gasteiger partial charge in [0.25, 0.3) is 0 Å². The quantitative estimate of drug-likeness (QED) is 0.0222. The summed E-state index contributed by atoms with van der Waals surface area (Å²) in [5.41, 5.74) is 0. The number of aliphatic hydroxyl groups excluding tert-OH is 1. The van der Waals surface area contributed by atoms with Crippen LogP contribution in [-0.2, 0) is 65.4 Å². The molecule has 0 aliphatic carbocycles. The lowest BCUT2D eigenvalue weighted by atomic mass is 9.99. The third-order valence-electron chi connectivity index (χ3n) is 17.9. The van der Waals surface area contributed by atoms with Crippen LogP contribution in [0.1, 0.15) is 383 Å². The van der Waals surface area contributed by atoms with E-state index in [2.05, 4.69) is 55.4 Å². The molecule has 0 fully saturated rings. The number of esters is 4. The van der Waals surface area contributed by atoms with Crippen LogP contribution < -0.4 is 0 Å². The van der Waals surface area contributed by atoms with Gasteiger partial charge in [0.1, 0.15) is 19.3 Å². The first-order valence-electron chi connectivity index (χ1n) is 39.2. The summed E-state index contributed by atoms with van der Waals surface area (Å²) in [5.74, 6) is 0.871. The average Bonchev–Trinajstić information content (AvgIpc) is 1.35. The fraction of sp³-hybridized carbons (Fsp3) is 0.947. The van der Waals surface area contributed by atoms with Crippen molar-refractivity contribution in [2.45, 2.75) is 401 Å². The number of hydrogen-bond acceptors (Lipinski definition) is 15. The summed E-state index contributed by atoms with van der Waals surface area (Å²) in [6.45, 7) is 14.1. The lowest BCUT2D eigenvalue weighted by molar-refractivity contribution is -0.161. The third-order valence-corrected chi connectivity index (χ3v) is 19.8. The molecule has 95 heavy (non-hydrogen) atoms. The molecule has 3 N–H and O–H groups in total. The van der Waals surface area contributed by atoms with Gasteiger partial charge in [0.15, 0.2) is 12.2 Å². The van der Waals surface area contributed by atoms with Crippen LogP contribution in [0.25, 0.3) is 0 Å². The Balaban J connectivity index is 5.15. The van der Waals surface area contributed by atoms with Crippen molar-refractivity contribution in [2.24, 2.45) is 23.7 Å². The highest BCUT2D eigenvalue weighted by atomic mass is 31.2. The lowest BCUT2D eigenvalue weighted by Crippen LogP contribution is -2.30. The van der Waals surface area contributed by atoms with E-state index in [1.54, 1.807) is 0 Å². The predicted octanol–water partition coefficient (Wildman–Crippen LogP) is 22.0. The molecule has 19 heteroatoms. The molecule has 564 valence electrons. The number of rotatable bonds is 73. The summed E-state index contributed by atoms with van der Waals surface area (Å²) in [6, 6.07) is 0. The van der Waals surface area contributed by atoms with Gasteiger partial charge in [0.2, 0.25) is 0 Å². The highest BCUT2D eigenvalue weighted by Gasteiger charge is 2.30. The van der Waals surface area contributed by atoms with E-state index in [0.717, 1.165) is 108 Å². The molecular formula is C76H148O17P2. The van der Waals surface area contributed by atoms with Crippen LogP contribution in [0.4, 0.5) is 0 Å². The van der Waals surface area contributed by atoms with Gasteiger partial charge in [-0.2, -0.15) is 0 Å². The number of phosphoric ester groups is 2. The molecule has 0 aromatic heterocycles. The van der Waals surface area contributed by atoms with Crippen LogP contribution >= 0.6 is 15.6 Å². The average molecular weight is 1400 g/mol. The standard InChI is InChI=1S/C76H148O17P2/c1-9-69(8)55-47-39-29-25-21-16-14-12-10-11-13-15-17-22-26-30-40-48-56-73(78)86-62-71(92-75(80)58-50-42-31-27-23-19-18-20-24-28-36-44-52-66(2)3)64-90-94(82,83)88-60-70(77)61-89-95(84,85)91-65-72(93-76(81)59-51-43-35-33-38-46-54-68(6)7)63-87-74(79)57-49-41-34-32-37-45-53-67(4)5/h66-72,77H,9-65H2,1-8H3,(H,82,83)(H,84,85)/t69?,70-,71-,72-/m1/s1. The fourth-order valence-electron chi connectivity index (χ4n) is 11.5. The largest absolute Gasteiger partial charge is 0.472 e. The number of hydrogen-bond donors (Lipinski definition) is 3. The maximum Gasteiger partial charge on any atom is 0.472 e. The molecule has 0 bridgehead atoms. The minimum atomic E-state index is -4.96. The number of unbranched alkanes of at least 4 members (excludes halogenated alkanes) is 38. The predicted molar refractivity (Wildman–Crippen MR) is 386 cm³/mol. The van der Waals surface area contributed by atoms with Crippen LogP contribution in [0, 0.1) is 23.7 Å². The van der Waals surface area contributed by atoms with Gasteiger partial charge < -0.3 is 33.8 Å². The van der Waals surface area contributed by atoms with Crippen LogP contribution in [0.15, 0.2) is 0 Å². The van der Waals surface area contributed by atoms with E-state index in [0.29, 0.717) is 37.5 Å². The Bertz CT molecular complexity index is 1870. The first-order valence-corrected chi connectivity index (χ1v) is 42.2. The Hall–Kier alpha value is -1.94. The van der Waals surface area contributed by atoms with Crippen LogP contribution in [0.3, 0.4) is 0 Å². The van der Waals surface area contributed by atoms with Gasteiger partial charge >= 0.3 is 39.5 Å². The first kappa shape index (κ1) is 93.1. The molecular weight excluding hydrogens is 1250 g/mol. The molecule has 0 rings (SSSR count). The van der Waals surface area contributed by atoms with Crippen molar-refractivity contribution >= 4 is 39.5 Å². The summed E-state index contributed by atoms with van der Waals surface area (Å²) in [5, 5.41) is 10.6. The van der Waals surface area contributed by atoms with Gasteiger partial charge in [0, 0.05) is 25.7 Å². The second-order valence-corrected chi connectivity index (χ2v) is 32.0. The van der Waals surface area contributed by atoms with Crippen molar-refractivity contribution in [3.63, 3.8) is 0 Å². The monoisotopic (exact) mass is 1400 g/mol. The molecule has 6 atom stereocenters. The molecule has 0 spiro atoms. The van der Waals surface area contributed by atoms with Crippen molar-refractivity contribution in [3.05, 3.63) is 0 Å². The molecule has 0 radical (unpaired) electrons. The van der Waals surface area contributed by atoms with Crippen LogP contribution in [-0.4, -0.2) is 96.7 Å². The van der Waals surface area contributed by atoms with Crippen molar-refractivity contribution in [3.8, 4) is 0 Å². The summed E-state index contributed by atoms with van der Waals surface area (Å²) >= 11 is 0. The lowest BCUT2D eigenvalue weighted by Gasteiger charge is -2.21. The van der Waals surface area contributed by atoms with Crippen molar-refractivity contribution < 1.29 is 80.2 Å². The zero-order valence-corrected chi connectivity index (χ0v) is 64.1. The smallest absolute Gasteiger partial charge is 0.462 e. The van der Waals surface area contributed by atoms with E-state index in [1.807, 2.05) is 0 Å². The Morgan fingerprint density at radius 3 is 0.747 bits per heavy atom. The summed E-state index contributed by atoms with van der Waals surface area (Å²) in [4.78, 5) is 72.6. The first-order chi connectivity index (χ1) is 45.6. The maximum absolute atomic E-state index is 13.1. The minimum absolute atomic E-state index is 0.101. The molecule has 0 amide bonds. The van der Waals surface area contributed by atoms with E-state index in [9.17, 15) is 43.2 Å². The summed E-state index contributed by atoms with van der Waals surface area (Å²) < 4.78 is 68.4. The molecule has 0 saturated heterocycles. The summed E-state index contributed by atoms with van der Waals surface area (Å²) in [6.07, 6.45) is 50.5. The second kappa shape index (κ2) is 65.4. The fourth-order valence-corrected chi connectivity index (χ4v) is 13.1. The SMILES string of the molecule is CCC(C)CCCCCCCCCCCCCCCCCCCCC(=O)OC[C@H](COP(=O)(O)OC[C@@H](O)COP(=O)(O)OC[C@@H](COC(=O)CCCCCCCCC(C)C)OC(=O)CCCCCCCCC(C)C)OC(=O)CCCCCCCCCCCCCCC(C)C. The van der Waals surface area contributed by atoms with Gasteiger partial charge in [-0.3, -0.25) is 37.3 Å². The molecule has 17 nitrogen and oxygen atoms in total. The highest BCUT2D eigenvalue weighted by molar-refractivity contribution is 7.47. The minimum Gasteiger partial charge on any atom is -0.462 e. The molecule has 0 saturated carbocycles. The van der Waals surface area contributed by atoms with E-state index in [1.165, 1.54) is 180 Å². The van der Waals surface area contributed by atoms with Crippen molar-refractivity contribution in [1.29, 1.82) is 0 Å². The van der Waals surface area contributed by atoms with Gasteiger partial charge in [-0.05, 0) is 49.4 Å². The molecule has 0 aromatic carbocycles. The Labute approximate surface area is 581 Å². The van der Waals surface area contributed by atoms with Crippen molar-refractivity contribution in [2.75, 3.05) is 39.6 Å². The third kappa shape index (κ3) is 69.0. The number of aliphatic hydroxyl groups is 1. The Kier molecular flexibility index (Phi) is 64.0. The summed E-state index contributed by atoms with van der Waals surface area (Å²) in [7, 11) is -9.91. The topological polar surface area (TPSA) is 237 Å². The van der Waals surface area contributed by atoms with Crippen molar-refractivity contribution in [1.82, 2.24) is 0 Å². The van der Waals surface area contributed by atoms with E-state index < -0.39 is 97.5 Å². The molecule has 0 aromatic rings. The number of phosphoric acid groups is 2. The van der Waals surface area contributed by atoms with Gasteiger partial charge in [0.05, 0.1) is 26.4 Å². The van der Waals surface area contributed by atoms with E-state index in [4.69, 9.17) is 37.0 Å². The Morgan fingerprint density at radius 2 is 0.505 bits per heavy atom. The molecule has 0 heterocycles. The van der Waals surface area contributed by atoms with E-state index >= 15 is 0 Å². The molecule has 0 aliphatic rings. The molecule has 0 aliphatic heterocycles. The molecule has 3 unspecified atom stereocenters. The zero-order chi connectivity index (χ0) is 70.3. The highest BCUT2D eigenvalue weighted by Crippen LogP contribution is 2.45. The Morgan fingerprint density at radius 1 is 0.295 bits per heavy atom. The van der Waals surface area contributed by atoms with Gasteiger partial charge in [-0.25, -0.2) is 9.13 Å². The maximum atomic E-state index is 13.1. The van der Waals surface area contributed by atoms with Gasteiger partial charge in [-0.1, -0.05) is 331 Å². The second-order valence-electron chi connectivity index (χ2n) is 29.1. The van der Waals surface area contributed by atoms with Crippen LogP contribution in [0.5, 0.6) is 0 Å².